The maximum absolute atomic E-state index is 2.24. The van der Waals surface area contributed by atoms with Crippen molar-refractivity contribution >= 4 is 88.5 Å². The molecule has 6 rings (SSSR count). The van der Waals surface area contributed by atoms with Gasteiger partial charge in [0.1, 0.15) is 31.8 Å². The fraction of sp³-hybridized carbons (Fsp3) is 0. The SMILES string of the molecule is [I][Co][I].c1ccc([PH+](c2ccccc2)c2ccccc2)cc1.c1ccc([PH+](c2ccccc2)c2ccccc2)cc1. The first-order valence-electron chi connectivity index (χ1n) is 13.2. The number of rotatable bonds is 6. The monoisotopic (exact) mass is 839 g/mol. The quantitative estimate of drug-likeness (QED) is 0.118. The van der Waals surface area contributed by atoms with E-state index in [1.165, 1.54) is 40.1 Å². The molecule has 0 spiro atoms. The normalized spacial score (nSPS) is 10.3. The Morgan fingerprint density at radius 2 is 0.390 bits per heavy atom. The Morgan fingerprint density at radius 1 is 0.268 bits per heavy atom. The van der Waals surface area contributed by atoms with Crippen molar-refractivity contribution in [1.82, 2.24) is 0 Å². The van der Waals surface area contributed by atoms with Crippen LogP contribution in [0.25, 0.3) is 0 Å². The molecule has 0 aliphatic rings. The zero-order chi connectivity index (χ0) is 28.5. The minimum atomic E-state index is -0.877. The molecule has 0 heterocycles. The van der Waals surface area contributed by atoms with Crippen molar-refractivity contribution in [3.8, 4) is 0 Å². The van der Waals surface area contributed by atoms with Crippen LogP contribution in [-0.4, -0.2) is 0 Å². The molecule has 6 aromatic rings. The zero-order valence-corrected chi connectivity index (χ0v) is 29.8. The van der Waals surface area contributed by atoms with Crippen molar-refractivity contribution in [1.29, 1.82) is 0 Å². The Balaban J connectivity index is 0.000000173. The summed E-state index contributed by atoms with van der Waals surface area (Å²) in [5, 5.41) is 8.61. The molecule has 5 heteroatoms. The van der Waals surface area contributed by atoms with Gasteiger partial charge in [-0.1, -0.05) is 109 Å². The second kappa shape index (κ2) is 18.6. The van der Waals surface area contributed by atoms with Gasteiger partial charge < -0.3 is 0 Å². The molecule has 41 heavy (non-hydrogen) atoms. The van der Waals surface area contributed by atoms with E-state index >= 15 is 0 Å². The van der Waals surface area contributed by atoms with Crippen LogP contribution >= 0.6 is 56.7 Å². The molecule has 0 saturated carbocycles. The largest absolute Gasteiger partial charge is 0.102 e. The van der Waals surface area contributed by atoms with E-state index < -0.39 is 15.8 Å². The summed E-state index contributed by atoms with van der Waals surface area (Å²) >= 11 is 4.49. The van der Waals surface area contributed by atoms with Gasteiger partial charge in [0.15, 0.2) is 0 Å². The average molecular weight is 839 g/mol. The van der Waals surface area contributed by atoms with E-state index in [1.54, 1.807) is 0 Å². The third kappa shape index (κ3) is 10.1. The minimum Gasteiger partial charge on any atom is -0.0620 e. The second-order valence-corrected chi connectivity index (χ2v) is 22.7. The molecule has 0 atom stereocenters. The first-order valence-corrected chi connectivity index (χ1v) is 22.9. The van der Waals surface area contributed by atoms with Crippen LogP contribution in [0.5, 0.6) is 0 Å². The van der Waals surface area contributed by atoms with E-state index in [9.17, 15) is 0 Å². The zero-order valence-electron chi connectivity index (χ0n) is 22.4. The summed E-state index contributed by atoms with van der Waals surface area (Å²) in [5.74, 6) is 0. The van der Waals surface area contributed by atoms with Crippen LogP contribution in [0.4, 0.5) is 0 Å². The molecule has 0 bridgehead atoms. The molecule has 6 aromatic carbocycles. The number of halogens is 2. The summed E-state index contributed by atoms with van der Waals surface area (Å²) in [6, 6.07) is 65.0. The van der Waals surface area contributed by atoms with Crippen LogP contribution in [-0.2, 0) is 8.26 Å². The van der Waals surface area contributed by atoms with Crippen LogP contribution < -0.4 is 31.8 Å². The third-order valence-electron chi connectivity index (χ3n) is 6.37. The van der Waals surface area contributed by atoms with E-state index in [2.05, 4.69) is 223 Å². The predicted octanol–water partition coefficient (Wildman–Crippen LogP) is 8.12. The number of hydrogen-bond donors (Lipinski definition) is 0. The fourth-order valence-electron chi connectivity index (χ4n) is 4.63. The van der Waals surface area contributed by atoms with Gasteiger partial charge in [0.05, 0.1) is 15.8 Å². The topological polar surface area (TPSA) is 0 Å². The second-order valence-electron chi connectivity index (χ2n) is 8.99. The molecule has 0 nitrogen and oxygen atoms in total. The van der Waals surface area contributed by atoms with Crippen LogP contribution in [0.1, 0.15) is 0 Å². The van der Waals surface area contributed by atoms with E-state index in [-0.39, 0.29) is 0 Å². The summed E-state index contributed by atoms with van der Waals surface area (Å²) < 4.78 is 0. The Morgan fingerprint density at radius 3 is 0.512 bits per heavy atom. The first kappa shape index (κ1) is 32.1. The van der Waals surface area contributed by atoms with Crippen LogP contribution in [0.15, 0.2) is 182 Å². The molecule has 0 N–H and O–H groups in total. The molecule has 0 aliphatic carbocycles. The van der Waals surface area contributed by atoms with Gasteiger partial charge >= 0.3 is 49.1 Å². The molecule has 207 valence electrons. The predicted molar refractivity (Wildman–Crippen MR) is 201 cm³/mol. The van der Waals surface area contributed by atoms with Crippen molar-refractivity contribution in [2.75, 3.05) is 0 Å². The van der Waals surface area contributed by atoms with Gasteiger partial charge in [-0.3, -0.25) is 0 Å². The number of benzene rings is 6. The van der Waals surface area contributed by atoms with Gasteiger partial charge in [-0.05, 0) is 72.8 Å². The maximum atomic E-state index is 2.24. The van der Waals surface area contributed by atoms with Crippen molar-refractivity contribution in [3.63, 3.8) is 0 Å². The smallest absolute Gasteiger partial charge is 0.0620 e. The molecule has 0 unspecified atom stereocenters. The molecular formula is C36H32CoI2P2+2. The van der Waals surface area contributed by atoms with Gasteiger partial charge in [0.25, 0.3) is 0 Å². The van der Waals surface area contributed by atoms with Crippen molar-refractivity contribution in [3.05, 3.63) is 182 Å². The summed E-state index contributed by atoms with van der Waals surface area (Å²) in [5.41, 5.74) is 0. The summed E-state index contributed by atoms with van der Waals surface area (Å²) in [4.78, 5) is 0. The molecule has 0 aliphatic heterocycles. The average Bonchev–Trinajstić information content (AvgIpc) is 3.05. The molecular weight excluding hydrogens is 807 g/mol. The molecule has 0 fully saturated rings. The van der Waals surface area contributed by atoms with Gasteiger partial charge in [-0.15, -0.1) is 0 Å². The number of hydrogen-bond acceptors (Lipinski definition) is 0. The molecule has 0 aromatic heterocycles. The van der Waals surface area contributed by atoms with E-state index in [0.717, 1.165) is 0 Å². The summed E-state index contributed by atoms with van der Waals surface area (Å²) in [6.45, 7) is 0. The summed E-state index contributed by atoms with van der Waals surface area (Å²) in [6.07, 6.45) is 0. The Hall–Kier alpha value is -1.85. The third-order valence-corrected chi connectivity index (χ3v) is 11.8. The van der Waals surface area contributed by atoms with E-state index in [4.69, 9.17) is 0 Å². The van der Waals surface area contributed by atoms with Crippen molar-refractivity contribution in [2.45, 2.75) is 0 Å². The van der Waals surface area contributed by atoms with Crippen molar-refractivity contribution in [2.24, 2.45) is 0 Å². The Labute approximate surface area is 276 Å². The Bertz CT molecular complexity index is 1200. The maximum Gasteiger partial charge on any atom is 0.102 e. The van der Waals surface area contributed by atoms with Gasteiger partial charge in [-0.25, -0.2) is 0 Å². The van der Waals surface area contributed by atoms with Crippen LogP contribution in [0.3, 0.4) is 0 Å². The van der Waals surface area contributed by atoms with E-state index in [0.29, 0.717) is 0 Å². The first-order chi connectivity index (χ1) is 20.3. The van der Waals surface area contributed by atoms with Gasteiger partial charge in [-0.2, -0.15) is 0 Å². The Kier molecular flexibility index (Phi) is 14.6. The summed E-state index contributed by atoms with van der Waals surface area (Å²) in [7, 11) is -0.377. The molecule has 0 radical (unpaired) electrons. The van der Waals surface area contributed by atoms with Crippen molar-refractivity contribution < 1.29 is 8.26 Å². The fourth-order valence-corrected chi connectivity index (χ4v) is 9.78. The van der Waals surface area contributed by atoms with Gasteiger partial charge in [0.2, 0.25) is 0 Å². The van der Waals surface area contributed by atoms with Gasteiger partial charge in [0, 0.05) is 0 Å². The molecule has 0 amide bonds. The van der Waals surface area contributed by atoms with Crippen LogP contribution in [0, 0.1) is 0 Å². The van der Waals surface area contributed by atoms with E-state index in [1.807, 2.05) is 0 Å². The molecule has 0 saturated heterocycles. The van der Waals surface area contributed by atoms with Crippen LogP contribution in [0.2, 0.25) is 0 Å². The standard InChI is InChI=1S/2C18H15P.Co.2HI/c2*1-4-10-16(11-5-1)19(17-12-6-2-7-13-17)18-14-8-3-9-15-18;;;/h2*1-15H;;2*1H/q;;+2;;. The minimum absolute atomic E-state index is 0.877.